The molecule has 1 heterocycles. The number of rotatable bonds is 11. The van der Waals surface area contributed by atoms with Crippen molar-refractivity contribution in [1.29, 1.82) is 0 Å². The molecule has 0 atom stereocenters. The first-order valence-electron chi connectivity index (χ1n) is 12.5. The van der Waals surface area contributed by atoms with Gasteiger partial charge in [0.05, 0.1) is 21.7 Å². The quantitative estimate of drug-likeness (QED) is 0.325. The van der Waals surface area contributed by atoms with Crippen molar-refractivity contribution in [2.45, 2.75) is 59.4 Å². The predicted molar refractivity (Wildman–Crippen MR) is 146 cm³/mol. The van der Waals surface area contributed by atoms with Crippen LogP contribution in [0.15, 0.2) is 52.4 Å². The van der Waals surface area contributed by atoms with Crippen molar-refractivity contribution in [1.82, 2.24) is 8.87 Å². The van der Waals surface area contributed by atoms with Gasteiger partial charge < -0.3 is 9.30 Å². The number of aromatic nitrogens is 1. The van der Waals surface area contributed by atoms with Crippen LogP contribution >= 0.6 is 11.3 Å². The van der Waals surface area contributed by atoms with Crippen molar-refractivity contribution in [3.05, 3.63) is 52.8 Å². The van der Waals surface area contributed by atoms with E-state index < -0.39 is 15.9 Å². The molecule has 0 saturated heterocycles. The van der Waals surface area contributed by atoms with E-state index in [9.17, 15) is 13.2 Å². The Bertz CT molecular complexity index is 1340. The van der Waals surface area contributed by atoms with Crippen molar-refractivity contribution in [2.75, 3.05) is 19.7 Å². The van der Waals surface area contributed by atoms with Crippen LogP contribution in [0.4, 0.5) is 0 Å². The predicted octanol–water partition coefficient (Wildman–Crippen LogP) is 5.56. The van der Waals surface area contributed by atoms with Crippen molar-refractivity contribution >= 4 is 37.5 Å². The number of nitrogens with zero attached hydrogens (tertiary/aromatic N) is 3. The summed E-state index contributed by atoms with van der Waals surface area (Å²) in [7, 11) is -3.66. The monoisotopic (exact) mass is 531 g/mol. The largest absolute Gasteiger partial charge is 0.494 e. The molecule has 0 N–H and O–H groups in total. The molecule has 0 fully saturated rings. The molecular formula is C27H37N3O4S2. The topological polar surface area (TPSA) is 81.0 Å². The van der Waals surface area contributed by atoms with Gasteiger partial charge in [-0.2, -0.15) is 9.30 Å². The smallest absolute Gasteiger partial charge is 0.279 e. The number of ether oxygens (including phenoxy) is 1. The summed E-state index contributed by atoms with van der Waals surface area (Å²) in [6, 6.07) is 12.0. The van der Waals surface area contributed by atoms with Crippen LogP contribution in [0.1, 0.15) is 58.3 Å². The van der Waals surface area contributed by atoms with E-state index in [1.165, 1.54) is 27.8 Å². The third kappa shape index (κ3) is 6.63. The minimum absolute atomic E-state index is 0.187. The molecule has 0 bridgehead atoms. The van der Waals surface area contributed by atoms with Gasteiger partial charge in [-0.1, -0.05) is 46.0 Å². The number of sulfonamides is 1. The van der Waals surface area contributed by atoms with E-state index in [4.69, 9.17) is 4.74 Å². The summed E-state index contributed by atoms with van der Waals surface area (Å²) in [4.78, 5) is 18.3. The lowest BCUT2D eigenvalue weighted by Crippen LogP contribution is -2.37. The summed E-state index contributed by atoms with van der Waals surface area (Å²) in [6.07, 6.45) is 0.899. The number of carbonyl (C=O) groups excluding carboxylic acids is 1. The van der Waals surface area contributed by atoms with Gasteiger partial charge in [0.15, 0.2) is 4.80 Å². The second-order valence-corrected chi connectivity index (χ2v) is 12.6. The zero-order valence-corrected chi connectivity index (χ0v) is 23.7. The van der Waals surface area contributed by atoms with Crippen LogP contribution in [-0.4, -0.2) is 42.9 Å². The zero-order chi connectivity index (χ0) is 26.5. The number of hydrogen-bond acceptors (Lipinski definition) is 5. The van der Waals surface area contributed by atoms with E-state index >= 15 is 0 Å². The molecule has 0 aliphatic heterocycles. The fourth-order valence-corrected chi connectivity index (χ4v) is 6.84. The maximum absolute atomic E-state index is 13.3. The number of benzene rings is 2. The first-order chi connectivity index (χ1) is 17.1. The van der Waals surface area contributed by atoms with Gasteiger partial charge in [0.1, 0.15) is 5.75 Å². The molecule has 36 heavy (non-hydrogen) atoms. The van der Waals surface area contributed by atoms with Gasteiger partial charge >= 0.3 is 0 Å². The van der Waals surface area contributed by atoms with Crippen LogP contribution in [-0.2, 0) is 16.6 Å². The van der Waals surface area contributed by atoms with Gasteiger partial charge in [0.2, 0.25) is 10.0 Å². The van der Waals surface area contributed by atoms with Crippen molar-refractivity contribution < 1.29 is 17.9 Å². The third-order valence-corrected chi connectivity index (χ3v) is 8.37. The Morgan fingerprint density at radius 1 is 1.03 bits per heavy atom. The summed E-state index contributed by atoms with van der Waals surface area (Å²) in [5, 5.41) is 0. The van der Waals surface area contributed by atoms with Crippen LogP contribution in [0.25, 0.3) is 10.2 Å². The average molecular weight is 532 g/mol. The Labute approximate surface area is 218 Å². The molecule has 0 unspecified atom stereocenters. The van der Waals surface area contributed by atoms with Crippen LogP contribution < -0.4 is 9.54 Å². The summed E-state index contributed by atoms with van der Waals surface area (Å²) < 4.78 is 36.7. The third-order valence-electron chi connectivity index (χ3n) is 5.49. The first-order valence-corrected chi connectivity index (χ1v) is 14.8. The fraction of sp³-hybridized carbons (Fsp3) is 0.481. The van der Waals surface area contributed by atoms with Crippen molar-refractivity contribution in [2.24, 2.45) is 16.8 Å². The number of aryl methyl sites for hydroxylation is 1. The Hall–Kier alpha value is -2.49. The molecule has 0 saturated carbocycles. The summed E-state index contributed by atoms with van der Waals surface area (Å²) >= 11 is 1.44. The SMILES string of the molecule is CCCn1c(=NC(=O)c2ccc(S(=O)(=O)N(CC(C)C)CC(C)C)cc2)sc2cc(OCC)ccc21. The normalized spacial score (nSPS) is 12.9. The Kier molecular flexibility index (Phi) is 9.49. The Morgan fingerprint density at radius 3 is 2.22 bits per heavy atom. The van der Waals surface area contributed by atoms with Crippen LogP contribution in [0, 0.1) is 11.8 Å². The number of amides is 1. The lowest BCUT2D eigenvalue weighted by Gasteiger charge is -2.25. The highest BCUT2D eigenvalue weighted by Crippen LogP contribution is 2.24. The Balaban J connectivity index is 1.94. The van der Waals surface area contributed by atoms with E-state index in [-0.39, 0.29) is 16.7 Å². The van der Waals surface area contributed by atoms with E-state index in [2.05, 4.69) is 11.9 Å². The molecule has 2 aromatic carbocycles. The molecule has 3 rings (SSSR count). The van der Waals surface area contributed by atoms with E-state index in [0.29, 0.717) is 30.1 Å². The molecule has 196 valence electrons. The molecule has 0 aliphatic rings. The summed E-state index contributed by atoms with van der Waals surface area (Å²) in [5.41, 5.74) is 1.36. The molecule has 1 amide bonds. The van der Waals surface area contributed by atoms with E-state index in [0.717, 1.165) is 28.9 Å². The van der Waals surface area contributed by atoms with E-state index in [1.807, 2.05) is 57.4 Å². The maximum atomic E-state index is 13.3. The highest BCUT2D eigenvalue weighted by Gasteiger charge is 2.26. The van der Waals surface area contributed by atoms with Gasteiger partial charge in [-0.05, 0) is 67.6 Å². The number of thiazole rings is 1. The molecule has 0 aliphatic carbocycles. The minimum Gasteiger partial charge on any atom is -0.494 e. The standard InChI is InChI=1S/C27H37N3O4S2/c1-7-15-30-24-14-11-22(34-8-2)16-25(24)35-27(30)28-26(31)21-9-12-23(13-10-21)36(32,33)29(17-19(3)4)18-20(5)6/h9-14,16,19-20H,7-8,15,17-18H2,1-6H3. The van der Waals surface area contributed by atoms with Crippen LogP contribution in [0.5, 0.6) is 5.75 Å². The van der Waals surface area contributed by atoms with Gasteiger partial charge in [0, 0.05) is 25.2 Å². The highest BCUT2D eigenvalue weighted by molar-refractivity contribution is 7.89. The molecule has 0 radical (unpaired) electrons. The zero-order valence-electron chi connectivity index (χ0n) is 22.0. The van der Waals surface area contributed by atoms with Crippen LogP contribution in [0.3, 0.4) is 0 Å². The lowest BCUT2D eigenvalue weighted by atomic mass is 10.2. The number of hydrogen-bond donors (Lipinski definition) is 0. The van der Waals surface area contributed by atoms with Gasteiger partial charge in [-0.25, -0.2) is 8.42 Å². The minimum atomic E-state index is -3.66. The molecule has 7 nitrogen and oxygen atoms in total. The molecule has 3 aromatic rings. The summed E-state index contributed by atoms with van der Waals surface area (Å²) in [5.74, 6) is 0.799. The number of carbonyl (C=O) groups is 1. The fourth-order valence-electron chi connectivity index (χ4n) is 3.99. The highest BCUT2D eigenvalue weighted by atomic mass is 32.2. The van der Waals surface area contributed by atoms with Gasteiger partial charge in [-0.3, -0.25) is 4.79 Å². The first kappa shape index (κ1) is 28.1. The van der Waals surface area contributed by atoms with E-state index in [1.54, 1.807) is 12.1 Å². The lowest BCUT2D eigenvalue weighted by molar-refractivity contribution is 0.0997. The second-order valence-electron chi connectivity index (χ2n) is 9.65. The molecule has 0 spiro atoms. The van der Waals surface area contributed by atoms with Gasteiger partial charge in [-0.15, -0.1) is 0 Å². The summed E-state index contributed by atoms with van der Waals surface area (Å²) in [6.45, 7) is 14.3. The molecular weight excluding hydrogens is 494 g/mol. The van der Waals surface area contributed by atoms with Gasteiger partial charge in [0.25, 0.3) is 5.91 Å². The number of fused-ring (bicyclic) bond motifs is 1. The maximum Gasteiger partial charge on any atom is 0.279 e. The van der Waals surface area contributed by atoms with Crippen molar-refractivity contribution in [3.63, 3.8) is 0 Å². The van der Waals surface area contributed by atoms with Crippen LogP contribution in [0.2, 0.25) is 0 Å². The second kappa shape index (κ2) is 12.2. The molecule has 1 aromatic heterocycles. The molecule has 9 heteroatoms. The average Bonchev–Trinajstić information content (AvgIpc) is 3.14. The Morgan fingerprint density at radius 2 is 1.67 bits per heavy atom. The van der Waals surface area contributed by atoms with Crippen molar-refractivity contribution in [3.8, 4) is 5.75 Å².